The van der Waals surface area contributed by atoms with Gasteiger partial charge in [0, 0.05) is 24.3 Å². The Morgan fingerprint density at radius 3 is 2.83 bits per heavy atom. The lowest BCUT2D eigenvalue weighted by atomic mass is 9.91. The number of fused-ring (bicyclic) bond motifs is 1. The summed E-state index contributed by atoms with van der Waals surface area (Å²) in [6, 6.07) is 9.44. The van der Waals surface area contributed by atoms with E-state index in [1.807, 2.05) is 44.2 Å². The number of carbonyl (C=O) groups excluding carboxylic acids is 1. The Balaban J connectivity index is 2.45. The first-order valence-electron chi connectivity index (χ1n) is 6.05. The quantitative estimate of drug-likeness (QED) is 0.774. The molecule has 0 bridgehead atoms. The van der Waals surface area contributed by atoms with Gasteiger partial charge in [0.2, 0.25) is 0 Å². The minimum absolute atomic E-state index is 0.0000491. The lowest BCUT2D eigenvalue weighted by Gasteiger charge is -2.24. The molecule has 1 aromatic carbocycles. The molecular weight excluding hydrogens is 226 g/mol. The maximum atomic E-state index is 12.4. The zero-order valence-electron chi connectivity index (χ0n) is 10.9. The van der Waals surface area contributed by atoms with Crippen molar-refractivity contribution in [1.29, 1.82) is 0 Å². The molecule has 0 aliphatic heterocycles. The highest BCUT2D eigenvalue weighted by molar-refractivity contribution is 6.04. The summed E-state index contributed by atoms with van der Waals surface area (Å²) in [6.45, 7) is 3.76. The van der Waals surface area contributed by atoms with E-state index < -0.39 is 5.60 Å². The zero-order chi connectivity index (χ0) is 13.2. The lowest BCUT2D eigenvalue weighted by molar-refractivity contribution is 0.0106. The van der Waals surface area contributed by atoms with E-state index in [0.717, 1.165) is 10.9 Å². The van der Waals surface area contributed by atoms with Crippen molar-refractivity contribution in [1.82, 2.24) is 4.98 Å². The number of ether oxygens (including phenoxy) is 1. The summed E-state index contributed by atoms with van der Waals surface area (Å²) >= 11 is 0. The summed E-state index contributed by atoms with van der Waals surface area (Å²) in [6.07, 6.45) is 2.37. The van der Waals surface area contributed by atoms with Crippen LogP contribution in [0.4, 0.5) is 0 Å². The highest BCUT2D eigenvalue weighted by Gasteiger charge is 2.31. The van der Waals surface area contributed by atoms with E-state index in [9.17, 15) is 4.79 Å². The van der Waals surface area contributed by atoms with Gasteiger partial charge in [-0.05, 0) is 25.5 Å². The van der Waals surface area contributed by atoms with E-state index in [2.05, 4.69) is 4.98 Å². The van der Waals surface area contributed by atoms with Crippen molar-refractivity contribution in [3.05, 3.63) is 42.1 Å². The summed E-state index contributed by atoms with van der Waals surface area (Å²) < 4.78 is 5.35. The maximum absolute atomic E-state index is 12.4. The fourth-order valence-electron chi connectivity index (χ4n) is 1.91. The molecule has 1 aromatic heterocycles. The molecule has 0 amide bonds. The summed E-state index contributed by atoms with van der Waals surface area (Å²) in [5.74, 6) is 0.0000491. The first-order chi connectivity index (χ1) is 8.60. The largest absolute Gasteiger partial charge is 0.370 e. The van der Waals surface area contributed by atoms with Gasteiger partial charge >= 0.3 is 0 Å². The summed E-state index contributed by atoms with van der Waals surface area (Å²) in [4.78, 5) is 16.7. The van der Waals surface area contributed by atoms with Crippen LogP contribution in [0.5, 0.6) is 0 Å². The van der Waals surface area contributed by atoms with Crippen molar-refractivity contribution in [2.45, 2.75) is 25.9 Å². The Morgan fingerprint density at radius 1 is 1.39 bits per heavy atom. The Hall–Kier alpha value is -1.74. The molecule has 0 N–H and O–H groups in total. The van der Waals surface area contributed by atoms with Crippen LogP contribution in [-0.2, 0) is 4.74 Å². The van der Waals surface area contributed by atoms with Gasteiger partial charge in [-0.2, -0.15) is 0 Å². The van der Waals surface area contributed by atoms with Crippen molar-refractivity contribution in [2.24, 2.45) is 0 Å². The summed E-state index contributed by atoms with van der Waals surface area (Å²) in [5.41, 5.74) is 0.716. The predicted molar refractivity (Wildman–Crippen MR) is 71.8 cm³/mol. The van der Waals surface area contributed by atoms with E-state index in [0.29, 0.717) is 12.0 Å². The molecule has 2 rings (SSSR count). The van der Waals surface area contributed by atoms with Crippen LogP contribution in [0.3, 0.4) is 0 Å². The van der Waals surface area contributed by atoms with Gasteiger partial charge in [0.05, 0.1) is 5.52 Å². The van der Waals surface area contributed by atoms with Crippen molar-refractivity contribution in [3.63, 3.8) is 0 Å². The molecule has 18 heavy (non-hydrogen) atoms. The fourth-order valence-corrected chi connectivity index (χ4v) is 1.91. The Kier molecular flexibility index (Phi) is 3.43. The van der Waals surface area contributed by atoms with Gasteiger partial charge in [0.25, 0.3) is 0 Å². The van der Waals surface area contributed by atoms with E-state index >= 15 is 0 Å². The number of carbonyl (C=O) groups is 1. The maximum Gasteiger partial charge on any atom is 0.194 e. The van der Waals surface area contributed by atoms with Gasteiger partial charge in [-0.3, -0.25) is 9.78 Å². The van der Waals surface area contributed by atoms with Crippen LogP contribution >= 0.6 is 0 Å². The average Bonchev–Trinajstić information content (AvgIpc) is 2.45. The van der Waals surface area contributed by atoms with Gasteiger partial charge in [0.1, 0.15) is 5.60 Å². The molecule has 0 spiro atoms. The van der Waals surface area contributed by atoms with E-state index in [1.165, 1.54) is 0 Å². The van der Waals surface area contributed by atoms with Gasteiger partial charge in [-0.1, -0.05) is 25.1 Å². The van der Waals surface area contributed by atoms with Crippen LogP contribution < -0.4 is 0 Å². The molecule has 0 radical (unpaired) electrons. The van der Waals surface area contributed by atoms with E-state index in [1.54, 1.807) is 13.3 Å². The minimum atomic E-state index is -0.761. The van der Waals surface area contributed by atoms with Crippen molar-refractivity contribution >= 4 is 16.7 Å². The second kappa shape index (κ2) is 4.86. The first-order valence-corrected chi connectivity index (χ1v) is 6.05. The molecule has 0 fully saturated rings. The number of hydrogen-bond donors (Lipinski definition) is 0. The predicted octanol–water partition coefficient (Wildman–Crippen LogP) is 3.23. The third-order valence-corrected chi connectivity index (χ3v) is 3.47. The molecule has 1 atom stereocenters. The lowest BCUT2D eigenvalue weighted by Crippen LogP contribution is -2.36. The Labute approximate surface area is 107 Å². The topological polar surface area (TPSA) is 39.2 Å². The molecule has 2 aromatic rings. The molecule has 0 aliphatic rings. The van der Waals surface area contributed by atoms with Crippen LogP contribution in [0.15, 0.2) is 36.5 Å². The molecule has 3 nitrogen and oxygen atoms in total. The van der Waals surface area contributed by atoms with Gasteiger partial charge < -0.3 is 4.74 Å². The molecule has 0 saturated heterocycles. The number of hydrogen-bond acceptors (Lipinski definition) is 3. The van der Waals surface area contributed by atoms with Crippen LogP contribution in [0.2, 0.25) is 0 Å². The average molecular weight is 243 g/mol. The Morgan fingerprint density at radius 2 is 2.17 bits per heavy atom. The van der Waals surface area contributed by atoms with Crippen LogP contribution in [0.25, 0.3) is 10.9 Å². The first kappa shape index (κ1) is 12.7. The smallest absolute Gasteiger partial charge is 0.194 e. The van der Waals surface area contributed by atoms with E-state index in [-0.39, 0.29) is 5.78 Å². The van der Waals surface area contributed by atoms with Crippen LogP contribution in [-0.4, -0.2) is 23.5 Å². The number of benzene rings is 1. The van der Waals surface area contributed by atoms with E-state index in [4.69, 9.17) is 4.74 Å². The van der Waals surface area contributed by atoms with Crippen LogP contribution in [0.1, 0.15) is 30.6 Å². The van der Waals surface area contributed by atoms with Crippen molar-refractivity contribution in [2.75, 3.05) is 7.11 Å². The number of pyridine rings is 1. The fraction of sp³-hybridized carbons (Fsp3) is 0.333. The highest BCUT2D eigenvalue weighted by atomic mass is 16.5. The van der Waals surface area contributed by atoms with Crippen molar-refractivity contribution in [3.8, 4) is 0 Å². The number of ketones is 1. The van der Waals surface area contributed by atoms with Gasteiger partial charge in [0.15, 0.2) is 5.78 Å². The molecule has 0 aliphatic carbocycles. The zero-order valence-corrected chi connectivity index (χ0v) is 10.9. The molecule has 3 heteroatoms. The second-order valence-electron chi connectivity index (χ2n) is 4.53. The Bertz CT molecular complexity index is 573. The minimum Gasteiger partial charge on any atom is -0.370 e. The molecule has 94 valence electrons. The number of Topliss-reactive ketones (excluding diaryl/α,β-unsaturated/α-hetero) is 1. The second-order valence-corrected chi connectivity index (χ2v) is 4.53. The summed E-state index contributed by atoms with van der Waals surface area (Å²) in [7, 11) is 1.57. The van der Waals surface area contributed by atoms with Crippen LogP contribution in [0, 0.1) is 0 Å². The number of nitrogens with zero attached hydrogens (tertiary/aromatic N) is 1. The molecule has 0 saturated carbocycles. The third-order valence-electron chi connectivity index (χ3n) is 3.47. The standard InChI is InChI=1S/C15H17NO2/c1-4-15(2,18-3)14(17)12-8-7-11-6-5-9-16-13(11)10-12/h5-10H,4H2,1-3H3. The van der Waals surface area contributed by atoms with Gasteiger partial charge in [-0.25, -0.2) is 0 Å². The number of aromatic nitrogens is 1. The molecule has 1 heterocycles. The summed E-state index contributed by atoms with van der Waals surface area (Å²) in [5, 5.41) is 1.03. The third kappa shape index (κ3) is 2.14. The molecular formula is C15H17NO2. The molecule has 1 unspecified atom stereocenters. The normalized spacial score (nSPS) is 14.4. The monoisotopic (exact) mass is 243 g/mol. The number of rotatable bonds is 4. The highest BCUT2D eigenvalue weighted by Crippen LogP contribution is 2.22. The SMILES string of the molecule is CCC(C)(OC)C(=O)c1ccc2cccnc2c1. The number of methoxy groups -OCH3 is 1. The van der Waals surface area contributed by atoms with Crippen molar-refractivity contribution < 1.29 is 9.53 Å². The van der Waals surface area contributed by atoms with Gasteiger partial charge in [-0.15, -0.1) is 0 Å².